The number of rotatable bonds is 5. The summed E-state index contributed by atoms with van der Waals surface area (Å²) in [6.07, 6.45) is 1.68. The summed E-state index contributed by atoms with van der Waals surface area (Å²) in [7, 11) is 3.83. The summed E-state index contributed by atoms with van der Waals surface area (Å²) < 4.78 is 0. The molecule has 1 aliphatic rings. The Balaban J connectivity index is 1.74. The smallest absolute Gasteiger partial charge is 0.262 e. The van der Waals surface area contributed by atoms with Crippen LogP contribution in [0.2, 0.25) is 10.0 Å². The molecule has 0 aromatic heterocycles. The lowest BCUT2D eigenvalue weighted by atomic mass is 9.89. The van der Waals surface area contributed by atoms with Crippen LogP contribution >= 0.6 is 23.2 Å². The van der Waals surface area contributed by atoms with Gasteiger partial charge in [0.25, 0.3) is 11.8 Å². The van der Waals surface area contributed by atoms with Crippen molar-refractivity contribution in [3.8, 4) is 0 Å². The van der Waals surface area contributed by atoms with E-state index in [4.69, 9.17) is 28.2 Å². The molecule has 0 fully saturated rings. The number of hydrogen-bond acceptors (Lipinski definition) is 4. The maximum Gasteiger partial charge on any atom is 0.262 e. The van der Waals surface area contributed by atoms with Gasteiger partial charge in [-0.1, -0.05) is 47.5 Å². The molecule has 0 saturated carbocycles. The Morgan fingerprint density at radius 3 is 2.26 bits per heavy atom. The summed E-state index contributed by atoms with van der Waals surface area (Å²) in [5.74, 6) is -0.562. The van der Waals surface area contributed by atoms with Crippen molar-refractivity contribution in [2.75, 3.05) is 27.2 Å². The second-order valence-corrected chi connectivity index (χ2v) is 9.43. The molecule has 0 bridgehead atoms. The Bertz CT molecular complexity index is 1490. The molecule has 2 amide bonds. The fraction of sp³-hybridized carbons (Fsp3) is 0.148. The van der Waals surface area contributed by atoms with Crippen LogP contribution in [-0.4, -0.2) is 55.0 Å². The highest BCUT2D eigenvalue weighted by Crippen LogP contribution is 2.39. The maximum absolute atomic E-state index is 13.8. The molecule has 0 radical (unpaired) electrons. The number of halogens is 2. The minimum atomic E-state index is -0.297. The maximum atomic E-state index is 13.8. The molecule has 7 heteroatoms. The van der Waals surface area contributed by atoms with E-state index in [9.17, 15) is 9.59 Å². The molecule has 5 rings (SSSR count). The van der Waals surface area contributed by atoms with Crippen LogP contribution < -0.4 is 0 Å². The number of benzene rings is 4. The largest absolute Gasteiger partial charge is 0.308 e. The fourth-order valence-corrected chi connectivity index (χ4v) is 4.92. The minimum Gasteiger partial charge on any atom is -0.308 e. The lowest BCUT2D eigenvalue weighted by molar-refractivity contribution is 0.0602. The third-order valence-electron chi connectivity index (χ3n) is 5.93. The van der Waals surface area contributed by atoms with Gasteiger partial charge in [-0.15, -0.1) is 0 Å². The van der Waals surface area contributed by atoms with Gasteiger partial charge in [-0.25, -0.2) is 0 Å². The third-order valence-corrected chi connectivity index (χ3v) is 6.36. The van der Waals surface area contributed by atoms with E-state index in [0.29, 0.717) is 45.3 Å². The first-order valence-electron chi connectivity index (χ1n) is 10.8. The van der Waals surface area contributed by atoms with Crippen LogP contribution in [0.3, 0.4) is 0 Å². The second kappa shape index (κ2) is 8.84. The predicted molar refractivity (Wildman–Crippen MR) is 139 cm³/mol. The van der Waals surface area contributed by atoms with Crippen LogP contribution in [0.1, 0.15) is 26.3 Å². The van der Waals surface area contributed by atoms with Crippen LogP contribution in [0.4, 0.5) is 5.69 Å². The van der Waals surface area contributed by atoms with E-state index in [0.717, 1.165) is 21.7 Å². The lowest BCUT2D eigenvalue weighted by Crippen LogP contribution is -2.43. The van der Waals surface area contributed by atoms with Gasteiger partial charge in [0.05, 0.1) is 11.3 Å². The number of hydrogen-bond donors (Lipinski definition) is 0. The molecule has 1 aliphatic heterocycles. The van der Waals surface area contributed by atoms with Crippen molar-refractivity contribution in [3.63, 3.8) is 0 Å². The number of imide groups is 1. The second-order valence-electron chi connectivity index (χ2n) is 8.56. The van der Waals surface area contributed by atoms with E-state index in [1.807, 2.05) is 55.4 Å². The molecule has 34 heavy (non-hydrogen) atoms. The lowest BCUT2D eigenvalue weighted by Gasteiger charge is -2.29. The SMILES string of the molecule is CN(C)CCN1C(=O)c2cccc3cc4cccc(N=Cc5cc(Cl)cc(Cl)c5)c4c(c23)C1=O. The number of fused-ring (bicyclic) bond motifs is 2. The van der Waals surface area contributed by atoms with Crippen LogP contribution in [0.5, 0.6) is 0 Å². The first-order chi connectivity index (χ1) is 16.3. The van der Waals surface area contributed by atoms with Crippen molar-refractivity contribution in [1.82, 2.24) is 9.80 Å². The molecule has 5 nitrogen and oxygen atoms in total. The number of carbonyl (C=O) groups is 2. The number of carbonyl (C=O) groups excluding carboxylic acids is 2. The topological polar surface area (TPSA) is 53.0 Å². The Hall–Kier alpha value is -3.25. The van der Waals surface area contributed by atoms with Gasteiger partial charge >= 0.3 is 0 Å². The summed E-state index contributed by atoms with van der Waals surface area (Å²) in [6, 6.07) is 18.5. The molecule has 4 aromatic carbocycles. The molecular weight excluding hydrogens is 469 g/mol. The zero-order chi connectivity index (χ0) is 24.0. The van der Waals surface area contributed by atoms with Crippen molar-refractivity contribution in [2.45, 2.75) is 0 Å². The summed E-state index contributed by atoms with van der Waals surface area (Å²) in [5.41, 5.74) is 2.43. The normalized spacial score (nSPS) is 13.7. The Morgan fingerprint density at radius 1 is 0.882 bits per heavy atom. The Labute approximate surface area is 207 Å². The number of amides is 2. The first kappa shape index (κ1) is 22.5. The summed E-state index contributed by atoms with van der Waals surface area (Å²) in [5, 5.41) is 4.18. The number of nitrogens with zero attached hydrogens (tertiary/aromatic N) is 3. The summed E-state index contributed by atoms with van der Waals surface area (Å²) >= 11 is 12.3. The van der Waals surface area contributed by atoms with Gasteiger partial charge in [0.15, 0.2) is 0 Å². The van der Waals surface area contributed by atoms with E-state index in [-0.39, 0.29) is 11.8 Å². The minimum absolute atomic E-state index is 0.265. The van der Waals surface area contributed by atoms with Crippen molar-refractivity contribution in [2.24, 2.45) is 4.99 Å². The highest BCUT2D eigenvalue weighted by molar-refractivity contribution is 6.35. The zero-order valence-electron chi connectivity index (χ0n) is 18.7. The van der Waals surface area contributed by atoms with Gasteiger partial charge in [-0.2, -0.15) is 0 Å². The third kappa shape index (κ3) is 3.96. The van der Waals surface area contributed by atoms with Crippen LogP contribution in [-0.2, 0) is 0 Å². The van der Waals surface area contributed by atoms with Crippen LogP contribution in [0.15, 0.2) is 65.7 Å². The van der Waals surface area contributed by atoms with Crippen molar-refractivity contribution in [3.05, 3.63) is 87.4 Å². The van der Waals surface area contributed by atoms with E-state index < -0.39 is 0 Å². The van der Waals surface area contributed by atoms with Crippen LogP contribution in [0, 0.1) is 0 Å². The average Bonchev–Trinajstić information content (AvgIpc) is 2.79. The monoisotopic (exact) mass is 489 g/mol. The van der Waals surface area contributed by atoms with Gasteiger partial charge < -0.3 is 4.90 Å². The molecule has 4 aromatic rings. The van der Waals surface area contributed by atoms with Crippen molar-refractivity contribution < 1.29 is 9.59 Å². The molecule has 0 N–H and O–H groups in total. The average molecular weight is 490 g/mol. The van der Waals surface area contributed by atoms with Gasteiger partial charge in [-0.3, -0.25) is 19.5 Å². The summed E-state index contributed by atoms with van der Waals surface area (Å²) in [4.78, 5) is 35.0. The molecule has 0 unspecified atom stereocenters. The molecular formula is C27H21Cl2N3O2. The van der Waals surface area contributed by atoms with E-state index in [1.165, 1.54) is 4.90 Å². The fourth-order valence-electron chi connectivity index (χ4n) is 4.38. The van der Waals surface area contributed by atoms with Gasteiger partial charge in [-0.05, 0) is 66.8 Å². The molecule has 0 atom stereocenters. The highest BCUT2D eigenvalue weighted by atomic mass is 35.5. The Kier molecular flexibility index (Phi) is 5.86. The molecule has 1 heterocycles. The van der Waals surface area contributed by atoms with E-state index in [1.54, 1.807) is 30.5 Å². The van der Waals surface area contributed by atoms with Gasteiger partial charge in [0, 0.05) is 45.7 Å². The first-order valence-corrected chi connectivity index (χ1v) is 11.6. The van der Waals surface area contributed by atoms with E-state index in [2.05, 4.69) is 0 Å². The molecule has 170 valence electrons. The summed E-state index contributed by atoms with van der Waals surface area (Å²) in [6.45, 7) is 0.886. The quantitative estimate of drug-likeness (QED) is 0.190. The predicted octanol–water partition coefficient (Wildman–Crippen LogP) is 6.21. The van der Waals surface area contributed by atoms with Crippen molar-refractivity contribution in [1.29, 1.82) is 0 Å². The standard InChI is InChI=1S/C27H21Cl2N3O2/c1-31(2)9-10-32-26(33)21-7-3-5-17-13-18-6-4-8-22(24(18)25(23(17)21)27(32)34)30-15-16-11-19(28)14-20(29)12-16/h3-8,11-15H,9-10H2,1-2H3. The number of likely N-dealkylation sites (N-methyl/N-ethyl adjacent to an activating group) is 1. The van der Waals surface area contributed by atoms with E-state index >= 15 is 0 Å². The molecule has 0 spiro atoms. The molecule has 0 saturated heterocycles. The van der Waals surface area contributed by atoms with Gasteiger partial charge in [0.2, 0.25) is 0 Å². The Morgan fingerprint density at radius 2 is 1.56 bits per heavy atom. The highest BCUT2D eigenvalue weighted by Gasteiger charge is 2.34. The molecule has 0 aliphatic carbocycles. The zero-order valence-corrected chi connectivity index (χ0v) is 20.2. The number of aliphatic imine (C=N–C) groups is 1. The van der Waals surface area contributed by atoms with Crippen molar-refractivity contribution >= 4 is 68.5 Å². The van der Waals surface area contributed by atoms with Gasteiger partial charge in [0.1, 0.15) is 0 Å². The van der Waals surface area contributed by atoms with Crippen LogP contribution in [0.25, 0.3) is 21.5 Å².